The van der Waals surface area contributed by atoms with E-state index in [1.165, 1.54) is 12.1 Å². The van der Waals surface area contributed by atoms with E-state index in [1.807, 2.05) is 119 Å². The number of rotatable bonds is 11. The molecule has 0 spiro atoms. The molecule has 8 rings (SSSR count). The maximum absolute atomic E-state index is 12.8. The van der Waals surface area contributed by atoms with Crippen molar-refractivity contribution in [3.63, 3.8) is 0 Å². The minimum atomic E-state index is -4.51. The summed E-state index contributed by atoms with van der Waals surface area (Å²) < 4.78 is 94.3. The molecule has 7 aromatic rings. The predicted molar refractivity (Wildman–Crippen MR) is 261 cm³/mol. The maximum atomic E-state index is 12.8. The number of nitrogens with zero attached hydrogens (tertiary/aromatic N) is 7. The Morgan fingerprint density at radius 3 is 1.27 bits per heavy atom. The van der Waals surface area contributed by atoms with Gasteiger partial charge in [-0.05, 0) is 107 Å². The predicted octanol–water partition coefficient (Wildman–Crippen LogP) is 12.4. The van der Waals surface area contributed by atoms with Gasteiger partial charge in [0.05, 0.1) is 47.3 Å². The second kappa shape index (κ2) is 19.9. The number of pyridine rings is 3. The lowest BCUT2D eigenvalue weighted by molar-refractivity contribution is -0.142. The Bertz CT molecular complexity index is 2880. The smallest absolute Gasteiger partial charge is 0.495 e. The third-order valence-electron chi connectivity index (χ3n) is 14.2. The second-order valence-corrected chi connectivity index (χ2v) is 19.6. The summed E-state index contributed by atoms with van der Waals surface area (Å²) in [4.78, 5) is 13.8. The highest BCUT2D eigenvalue weighted by molar-refractivity contribution is 6.62. The number of benzene rings is 2. The Morgan fingerprint density at radius 1 is 0.493 bits per heavy atom. The van der Waals surface area contributed by atoms with Crippen LogP contribution in [-0.2, 0) is 32.5 Å². The zero-order valence-electron chi connectivity index (χ0n) is 41.5. The van der Waals surface area contributed by atoms with Crippen LogP contribution < -0.4 is 10.2 Å². The number of ether oxygens (including phenoxy) is 1. The van der Waals surface area contributed by atoms with E-state index >= 15 is 0 Å². The molecule has 0 aliphatic carbocycles. The topological polar surface area (TPSA) is 118 Å². The second-order valence-electron chi connectivity index (χ2n) is 19.6. The van der Waals surface area contributed by atoms with Crippen molar-refractivity contribution in [2.75, 3.05) is 7.11 Å². The molecule has 0 radical (unpaired) electrons. The van der Waals surface area contributed by atoms with Gasteiger partial charge in [0, 0.05) is 57.1 Å². The molecule has 17 heteroatoms. The van der Waals surface area contributed by atoms with Crippen molar-refractivity contribution in [3.8, 4) is 39.4 Å². The van der Waals surface area contributed by atoms with Crippen LogP contribution in [0.5, 0.6) is 5.75 Å². The summed E-state index contributed by atoms with van der Waals surface area (Å²) >= 11 is 0. The minimum absolute atomic E-state index is 0.212. The third-order valence-corrected chi connectivity index (χ3v) is 14.2. The first kappa shape index (κ1) is 52.2. The molecule has 6 heterocycles. The van der Waals surface area contributed by atoms with Crippen LogP contribution in [0.25, 0.3) is 33.6 Å². The number of alkyl halides is 6. The normalized spacial score (nSPS) is 16.2. The van der Waals surface area contributed by atoms with Gasteiger partial charge in [0.2, 0.25) is 0 Å². The Hall–Kier alpha value is -6.59. The fraction of sp³-hybridized carbons (Fsp3) is 0.352. The molecule has 0 saturated carbocycles. The van der Waals surface area contributed by atoms with Gasteiger partial charge in [-0.25, -0.2) is 0 Å². The van der Waals surface area contributed by atoms with Gasteiger partial charge in [0.1, 0.15) is 5.75 Å². The zero-order chi connectivity index (χ0) is 51.7. The lowest BCUT2D eigenvalue weighted by Crippen LogP contribution is -2.41. The quantitative estimate of drug-likeness (QED) is 0.0916. The molecular formula is C54H56BF6N7O3. The molecule has 71 heavy (non-hydrogen) atoms. The van der Waals surface area contributed by atoms with Crippen molar-refractivity contribution < 1.29 is 40.4 Å². The summed E-state index contributed by atoms with van der Waals surface area (Å²) in [5, 5.41) is 14.2. The summed E-state index contributed by atoms with van der Waals surface area (Å²) in [6.45, 7) is 20.9. The van der Waals surface area contributed by atoms with Gasteiger partial charge in [-0.2, -0.15) is 26.3 Å². The van der Waals surface area contributed by atoms with E-state index in [-0.39, 0.29) is 11.8 Å². The SMILES string of the molecule is CC(C)C(C)(c1ccc(-c2ccc(C(F)(F)F)nn2)cc1)c1ccc(B2OC(C)(C)C(C)(C)O2)cn1.COc1cncc(-c2ccc(C(C)(c3ccc(-c4ccc(C(F)(F)F)nn4)cc3)C(C)C)nc2)c1. The average molecular weight is 976 g/mol. The molecule has 1 aliphatic rings. The number of hydrogen-bond acceptors (Lipinski definition) is 10. The van der Waals surface area contributed by atoms with Crippen LogP contribution in [0.3, 0.4) is 0 Å². The van der Waals surface area contributed by atoms with Crippen molar-refractivity contribution in [2.45, 2.75) is 104 Å². The lowest BCUT2D eigenvalue weighted by Gasteiger charge is -2.34. The molecule has 0 bridgehead atoms. The monoisotopic (exact) mass is 975 g/mol. The van der Waals surface area contributed by atoms with Gasteiger partial charge in [0.15, 0.2) is 11.4 Å². The Labute approximate surface area is 410 Å². The maximum Gasteiger partial charge on any atom is 0.496 e. The molecule has 370 valence electrons. The van der Waals surface area contributed by atoms with Gasteiger partial charge < -0.3 is 14.0 Å². The summed E-state index contributed by atoms with van der Waals surface area (Å²) in [6, 6.07) is 29.8. The Morgan fingerprint density at radius 2 is 0.915 bits per heavy atom. The Kier molecular flexibility index (Phi) is 14.6. The van der Waals surface area contributed by atoms with E-state index in [0.29, 0.717) is 28.3 Å². The fourth-order valence-corrected chi connectivity index (χ4v) is 8.19. The zero-order valence-corrected chi connectivity index (χ0v) is 41.5. The fourth-order valence-electron chi connectivity index (χ4n) is 8.19. The van der Waals surface area contributed by atoms with E-state index in [2.05, 4.69) is 66.9 Å². The van der Waals surface area contributed by atoms with Crippen LogP contribution in [-0.4, -0.2) is 60.8 Å². The first-order valence-corrected chi connectivity index (χ1v) is 23.1. The highest BCUT2D eigenvalue weighted by Gasteiger charge is 2.52. The largest absolute Gasteiger partial charge is 0.496 e. The first-order valence-electron chi connectivity index (χ1n) is 23.1. The average Bonchev–Trinajstić information content (AvgIpc) is 3.58. The highest BCUT2D eigenvalue weighted by Crippen LogP contribution is 2.42. The van der Waals surface area contributed by atoms with Gasteiger partial charge in [0.25, 0.3) is 0 Å². The van der Waals surface area contributed by atoms with Gasteiger partial charge >= 0.3 is 19.5 Å². The van der Waals surface area contributed by atoms with Crippen LogP contribution >= 0.6 is 0 Å². The van der Waals surface area contributed by atoms with Gasteiger partial charge in [-0.15, -0.1) is 20.4 Å². The van der Waals surface area contributed by atoms with E-state index in [4.69, 9.17) is 24.0 Å². The summed E-state index contributed by atoms with van der Waals surface area (Å²) in [6.07, 6.45) is -1.97. The van der Waals surface area contributed by atoms with Gasteiger partial charge in [-0.1, -0.05) is 88.4 Å². The van der Waals surface area contributed by atoms with Crippen LogP contribution in [0.2, 0.25) is 0 Å². The van der Waals surface area contributed by atoms with E-state index < -0.39 is 52.9 Å². The molecule has 1 saturated heterocycles. The number of halogens is 6. The summed E-state index contributed by atoms with van der Waals surface area (Å²) in [7, 11) is 1.12. The number of aromatic nitrogens is 7. The van der Waals surface area contributed by atoms with Crippen molar-refractivity contribution in [3.05, 3.63) is 162 Å². The van der Waals surface area contributed by atoms with Crippen LogP contribution in [0, 0.1) is 11.8 Å². The molecule has 1 aliphatic heterocycles. The van der Waals surface area contributed by atoms with E-state index in [0.717, 1.165) is 51.2 Å². The molecule has 2 atom stereocenters. The Balaban J connectivity index is 0.000000209. The minimum Gasteiger partial charge on any atom is -0.495 e. The van der Waals surface area contributed by atoms with Crippen LogP contribution in [0.4, 0.5) is 26.3 Å². The molecule has 2 unspecified atom stereocenters. The molecular weight excluding hydrogens is 919 g/mol. The molecule has 0 amide bonds. The summed E-state index contributed by atoms with van der Waals surface area (Å²) in [5.41, 5.74) is 5.07. The first-order chi connectivity index (χ1) is 33.3. The van der Waals surface area contributed by atoms with E-state index in [9.17, 15) is 26.3 Å². The lowest BCUT2D eigenvalue weighted by atomic mass is 9.70. The molecule has 0 N–H and O–H groups in total. The molecule has 5 aromatic heterocycles. The van der Waals surface area contributed by atoms with Crippen molar-refractivity contribution >= 4 is 12.6 Å². The summed E-state index contributed by atoms with van der Waals surface area (Å²) in [5.74, 6) is 1.11. The molecule has 2 aromatic carbocycles. The number of hydrogen-bond donors (Lipinski definition) is 0. The van der Waals surface area contributed by atoms with Crippen molar-refractivity contribution in [2.24, 2.45) is 11.8 Å². The molecule has 1 fully saturated rings. The van der Waals surface area contributed by atoms with Crippen LogP contribution in [0.1, 0.15) is 103 Å². The number of methoxy groups -OCH3 is 1. The standard InChI is InChI=1S/C27H31BF3N3O2.C27H25F3N4O/c1-17(2)26(7,22-14-12-20(16-32-22)28-35-24(3,4)25(5,6)36-28)19-10-8-18(9-11-19)21-13-15-23(34-33-21)27(29,30)31;1-17(2)26(3,24-11-7-19(15-32-24)20-13-22(35-4)16-31-14-20)21-8-5-18(6-9-21)23-10-12-25(34-33-23)27(28,29)30/h8-17H,1-7H3;5-17H,1-4H3. The highest BCUT2D eigenvalue weighted by atomic mass is 19.4. The van der Waals surface area contributed by atoms with Crippen LogP contribution in [0.15, 0.2) is 128 Å². The molecule has 10 nitrogen and oxygen atoms in total. The van der Waals surface area contributed by atoms with Gasteiger partial charge in [-0.3, -0.25) is 15.0 Å². The van der Waals surface area contributed by atoms with Crippen molar-refractivity contribution in [1.82, 2.24) is 35.3 Å². The van der Waals surface area contributed by atoms with Crippen molar-refractivity contribution in [1.29, 1.82) is 0 Å². The third kappa shape index (κ3) is 10.9. The van der Waals surface area contributed by atoms with E-state index in [1.54, 1.807) is 19.5 Å².